The van der Waals surface area contributed by atoms with Crippen LogP contribution in [0.15, 0.2) is 36.5 Å². The molecule has 2 aromatic rings. The molecule has 0 bridgehead atoms. The van der Waals surface area contributed by atoms with Crippen molar-refractivity contribution in [2.45, 2.75) is 38.5 Å². The van der Waals surface area contributed by atoms with Crippen LogP contribution in [0.4, 0.5) is 5.82 Å². The lowest BCUT2D eigenvalue weighted by molar-refractivity contribution is -0.120. The van der Waals surface area contributed by atoms with Crippen molar-refractivity contribution < 1.29 is 9.59 Å². The summed E-state index contributed by atoms with van der Waals surface area (Å²) in [6, 6.07) is 9.80. The second-order valence-corrected chi connectivity index (χ2v) is 6.59. The molecule has 5 nitrogen and oxygen atoms in total. The first-order valence-electron chi connectivity index (χ1n) is 8.45. The smallest absolute Gasteiger partial charge is 0.232 e. The van der Waals surface area contributed by atoms with Crippen LogP contribution in [0.25, 0.3) is 0 Å². The molecule has 3 rings (SSSR count). The molecular formula is C19H23N3O2. The number of anilines is 1. The third-order valence-electron chi connectivity index (χ3n) is 4.75. The number of nitrogens with zero attached hydrogens (tertiary/aromatic N) is 2. The normalized spacial score (nSPS) is 18.6. The SMILES string of the molecule is CC(C(=O)Nc1ccn(C)n1)c1ccc(CC2CCCC2=O)cc1. The molecular weight excluding hydrogens is 302 g/mol. The minimum Gasteiger partial charge on any atom is -0.309 e. The van der Waals surface area contributed by atoms with Crippen molar-refractivity contribution in [3.63, 3.8) is 0 Å². The van der Waals surface area contributed by atoms with Gasteiger partial charge in [0.15, 0.2) is 5.82 Å². The second-order valence-electron chi connectivity index (χ2n) is 6.59. The van der Waals surface area contributed by atoms with Crippen molar-refractivity contribution in [3.8, 4) is 0 Å². The minimum absolute atomic E-state index is 0.0765. The van der Waals surface area contributed by atoms with Gasteiger partial charge in [-0.05, 0) is 37.3 Å². The second kappa shape index (κ2) is 6.99. The van der Waals surface area contributed by atoms with E-state index in [4.69, 9.17) is 0 Å². The van der Waals surface area contributed by atoms with Crippen LogP contribution in [0.1, 0.15) is 43.2 Å². The molecule has 0 radical (unpaired) electrons. The van der Waals surface area contributed by atoms with E-state index in [0.29, 0.717) is 11.6 Å². The quantitative estimate of drug-likeness (QED) is 0.919. The van der Waals surface area contributed by atoms with Gasteiger partial charge in [-0.2, -0.15) is 5.10 Å². The Labute approximate surface area is 142 Å². The first-order valence-corrected chi connectivity index (χ1v) is 8.45. The van der Waals surface area contributed by atoms with Gasteiger partial charge in [0.1, 0.15) is 5.78 Å². The highest BCUT2D eigenvalue weighted by atomic mass is 16.2. The molecule has 1 aromatic heterocycles. The third kappa shape index (κ3) is 3.72. The number of carbonyl (C=O) groups is 2. The van der Waals surface area contributed by atoms with Crippen LogP contribution >= 0.6 is 0 Å². The van der Waals surface area contributed by atoms with Gasteiger partial charge in [-0.1, -0.05) is 24.3 Å². The summed E-state index contributed by atoms with van der Waals surface area (Å²) < 4.78 is 1.65. The van der Waals surface area contributed by atoms with E-state index in [-0.39, 0.29) is 17.7 Å². The summed E-state index contributed by atoms with van der Waals surface area (Å²) in [5.74, 6) is 0.801. The Hall–Kier alpha value is -2.43. The predicted octanol–water partition coefficient (Wildman–Crippen LogP) is 3.07. The molecule has 1 fully saturated rings. The fourth-order valence-corrected chi connectivity index (χ4v) is 3.20. The lowest BCUT2D eigenvalue weighted by atomic mass is 9.94. The van der Waals surface area contributed by atoms with Crippen LogP contribution in [-0.4, -0.2) is 21.5 Å². The average Bonchev–Trinajstić information content (AvgIpc) is 3.16. The summed E-state index contributed by atoms with van der Waals surface area (Å²) in [4.78, 5) is 24.1. The minimum atomic E-state index is -0.255. The summed E-state index contributed by atoms with van der Waals surface area (Å²) in [6.45, 7) is 1.88. The van der Waals surface area contributed by atoms with Crippen molar-refractivity contribution >= 4 is 17.5 Å². The zero-order valence-electron chi connectivity index (χ0n) is 14.2. The van der Waals surface area contributed by atoms with Crippen molar-refractivity contribution in [2.75, 3.05) is 5.32 Å². The molecule has 5 heteroatoms. The Morgan fingerprint density at radius 3 is 2.67 bits per heavy atom. The van der Waals surface area contributed by atoms with Gasteiger partial charge >= 0.3 is 0 Å². The third-order valence-corrected chi connectivity index (χ3v) is 4.75. The van der Waals surface area contributed by atoms with Gasteiger partial charge in [0.2, 0.25) is 5.91 Å². The molecule has 1 saturated carbocycles. The molecule has 0 aliphatic heterocycles. The zero-order chi connectivity index (χ0) is 17.1. The Kier molecular flexibility index (Phi) is 4.79. The van der Waals surface area contributed by atoms with E-state index < -0.39 is 0 Å². The number of hydrogen-bond acceptors (Lipinski definition) is 3. The van der Waals surface area contributed by atoms with E-state index in [2.05, 4.69) is 10.4 Å². The lowest BCUT2D eigenvalue weighted by Crippen LogP contribution is -2.19. The number of amides is 1. The van der Waals surface area contributed by atoms with E-state index in [1.807, 2.05) is 38.2 Å². The van der Waals surface area contributed by atoms with Crippen LogP contribution in [-0.2, 0) is 23.1 Å². The van der Waals surface area contributed by atoms with Crippen molar-refractivity contribution in [1.82, 2.24) is 9.78 Å². The lowest BCUT2D eigenvalue weighted by Gasteiger charge is -2.13. The molecule has 1 N–H and O–H groups in total. The maximum atomic E-state index is 12.3. The number of aryl methyl sites for hydroxylation is 1. The van der Waals surface area contributed by atoms with Crippen LogP contribution in [0.2, 0.25) is 0 Å². The number of benzene rings is 1. The fraction of sp³-hybridized carbons (Fsp3) is 0.421. The zero-order valence-corrected chi connectivity index (χ0v) is 14.2. The van der Waals surface area contributed by atoms with E-state index >= 15 is 0 Å². The molecule has 0 spiro atoms. The van der Waals surface area contributed by atoms with Crippen LogP contribution in [0, 0.1) is 5.92 Å². The highest BCUT2D eigenvalue weighted by Gasteiger charge is 2.24. The summed E-state index contributed by atoms with van der Waals surface area (Å²) in [5, 5.41) is 6.98. The van der Waals surface area contributed by atoms with Crippen LogP contribution in [0.3, 0.4) is 0 Å². The number of ketones is 1. The first kappa shape index (κ1) is 16.4. The average molecular weight is 325 g/mol. The molecule has 2 atom stereocenters. The fourth-order valence-electron chi connectivity index (χ4n) is 3.20. The maximum Gasteiger partial charge on any atom is 0.232 e. The highest BCUT2D eigenvalue weighted by Crippen LogP contribution is 2.26. The van der Waals surface area contributed by atoms with Gasteiger partial charge in [-0.25, -0.2) is 0 Å². The Balaban J connectivity index is 1.61. The molecule has 1 aliphatic carbocycles. The Morgan fingerprint density at radius 2 is 2.08 bits per heavy atom. The first-order chi connectivity index (χ1) is 11.5. The number of rotatable bonds is 5. The van der Waals surface area contributed by atoms with Gasteiger partial charge in [0, 0.05) is 31.6 Å². The molecule has 126 valence electrons. The molecule has 24 heavy (non-hydrogen) atoms. The maximum absolute atomic E-state index is 12.3. The number of Topliss-reactive ketones (excluding diaryl/α,β-unsaturated/α-hetero) is 1. The topological polar surface area (TPSA) is 64.0 Å². The summed E-state index contributed by atoms with van der Waals surface area (Å²) in [6.07, 6.45) is 5.36. The Bertz CT molecular complexity index is 733. The van der Waals surface area contributed by atoms with E-state index in [1.54, 1.807) is 16.9 Å². The molecule has 1 aromatic carbocycles. The van der Waals surface area contributed by atoms with E-state index in [0.717, 1.165) is 36.8 Å². The van der Waals surface area contributed by atoms with Crippen LogP contribution < -0.4 is 5.32 Å². The number of carbonyl (C=O) groups excluding carboxylic acids is 2. The van der Waals surface area contributed by atoms with E-state index in [1.165, 1.54) is 0 Å². The monoisotopic (exact) mass is 325 g/mol. The van der Waals surface area contributed by atoms with Crippen molar-refractivity contribution in [3.05, 3.63) is 47.7 Å². The predicted molar refractivity (Wildman–Crippen MR) is 92.7 cm³/mol. The summed E-state index contributed by atoms with van der Waals surface area (Å²) >= 11 is 0. The summed E-state index contributed by atoms with van der Waals surface area (Å²) in [5.41, 5.74) is 2.13. The number of nitrogens with one attached hydrogen (secondary N) is 1. The molecule has 1 aliphatic rings. The van der Waals surface area contributed by atoms with Gasteiger partial charge < -0.3 is 5.32 Å². The van der Waals surface area contributed by atoms with Crippen molar-refractivity contribution in [1.29, 1.82) is 0 Å². The summed E-state index contributed by atoms with van der Waals surface area (Å²) in [7, 11) is 1.81. The van der Waals surface area contributed by atoms with Gasteiger partial charge in [0.25, 0.3) is 0 Å². The van der Waals surface area contributed by atoms with E-state index in [9.17, 15) is 9.59 Å². The van der Waals surface area contributed by atoms with Crippen LogP contribution in [0.5, 0.6) is 0 Å². The molecule has 1 heterocycles. The van der Waals surface area contributed by atoms with Crippen molar-refractivity contribution in [2.24, 2.45) is 13.0 Å². The Morgan fingerprint density at radius 1 is 1.33 bits per heavy atom. The van der Waals surface area contributed by atoms with Gasteiger partial charge in [-0.3, -0.25) is 14.3 Å². The van der Waals surface area contributed by atoms with Gasteiger partial charge in [0.05, 0.1) is 5.92 Å². The molecule has 2 unspecified atom stereocenters. The molecule has 1 amide bonds. The molecule has 0 saturated heterocycles. The highest BCUT2D eigenvalue weighted by molar-refractivity contribution is 5.94. The number of hydrogen-bond donors (Lipinski definition) is 1. The number of aromatic nitrogens is 2. The largest absolute Gasteiger partial charge is 0.309 e. The standard InChI is InChI=1S/C19H23N3O2/c1-13(19(24)20-18-10-11-22(2)21-18)15-8-6-14(7-9-15)12-16-4-3-5-17(16)23/h6-11,13,16H,3-5,12H2,1-2H3,(H,20,21,24). The van der Waals surface area contributed by atoms with Gasteiger partial charge in [-0.15, -0.1) is 0 Å².